The fraction of sp³-hybridized carbons (Fsp3) is 0.136. The first-order chi connectivity index (χ1) is 13.5. The van der Waals surface area contributed by atoms with E-state index < -0.39 is 6.61 Å². The SMILES string of the molecule is COc1cc(C(=O)Nc2ccc3c(c2)-c2ccccc2C3)ccc1OC(F)F. The summed E-state index contributed by atoms with van der Waals surface area (Å²) in [5.74, 6) is -0.424. The first kappa shape index (κ1) is 18.0. The van der Waals surface area contributed by atoms with Crippen LogP contribution in [-0.2, 0) is 6.42 Å². The van der Waals surface area contributed by atoms with E-state index in [1.54, 1.807) is 0 Å². The van der Waals surface area contributed by atoms with Crippen LogP contribution in [-0.4, -0.2) is 19.6 Å². The Morgan fingerprint density at radius 1 is 0.964 bits per heavy atom. The maximum absolute atomic E-state index is 12.6. The van der Waals surface area contributed by atoms with Gasteiger partial charge >= 0.3 is 6.61 Å². The summed E-state index contributed by atoms with van der Waals surface area (Å²) in [4.78, 5) is 12.6. The van der Waals surface area contributed by atoms with Crippen molar-refractivity contribution in [1.82, 2.24) is 0 Å². The fourth-order valence-corrected chi connectivity index (χ4v) is 3.41. The number of methoxy groups -OCH3 is 1. The number of alkyl halides is 2. The minimum atomic E-state index is -2.97. The van der Waals surface area contributed by atoms with Crippen molar-refractivity contribution in [2.75, 3.05) is 12.4 Å². The second-order valence-corrected chi connectivity index (χ2v) is 6.40. The summed E-state index contributed by atoms with van der Waals surface area (Å²) in [5.41, 5.74) is 5.69. The highest BCUT2D eigenvalue weighted by Crippen LogP contribution is 2.38. The molecule has 1 amide bonds. The van der Waals surface area contributed by atoms with Crippen LogP contribution in [0.4, 0.5) is 14.5 Å². The van der Waals surface area contributed by atoms with Crippen LogP contribution in [0.25, 0.3) is 11.1 Å². The summed E-state index contributed by atoms with van der Waals surface area (Å²) in [7, 11) is 1.33. The fourth-order valence-electron chi connectivity index (χ4n) is 3.41. The van der Waals surface area contributed by atoms with Gasteiger partial charge in [0.15, 0.2) is 11.5 Å². The van der Waals surface area contributed by atoms with Gasteiger partial charge in [-0.2, -0.15) is 8.78 Å². The average molecular weight is 381 g/mol. The summed E-state index contributed by atoms with van der Waals surface area (Å²) in [6.07, 6.45) is 0.878. The summed E-state index contributed by atoms with van der Waals surface area (Å²) < 4.78 is 34.3. The maximum Gasteiger partial charge on any atom is 0.387 e. The summed E-state index contributed by atoms with van der Waals surface area (Å²) in [6.45, 7) is -2.97. The molecule has 6 heteroatoms. The Balaban J connectivity index is 1.57. The third-order valence-electron chi connectivity index (χ3n) is 4.70. The van der Waals surface area contributed by atoms with Crippen molar-refractivity contribution in [2.24, 2.45) is 0 Å². The molecule has 28 heavy (non-hydrogen) atoms. The molecule has 0 spiro atoms. The lowest BCUT2D eigenvalue weighted by Crippen LogP contribution is -2.12. The molecule has 0 aliphatic heterocycles. The number of amides is 1. The van der Waals surface area contributed by atoms with Crippen molar-refractivity contribution >= 4 is 11.6 Å². The van der Waals surface area contributed by atoms with Crippen molar-refractivity contribution in [2.45, 2.75) is 13.0 Å². The standard InChI is InChI=1S/C22H17F2NO3/c1-27-20-11-15(7-9-19(20)28-22(23)24)21(26)25-16-8-6-14-10-13-4-2-3-5-17(13)18(14)12-16/h2-9,11-12,22H,10H2,1H3,(H,25,26). The molecule has 4 nitrogen and oxygen atoms in total. The van der Waals surface area contributed by atoms with Crippen LogP contribution in [0.2, 0.25) is 0 Å². The van der Waals surface area contributed by atoms with E-state index in [1.807, 2.05) is 30.3 Å². The van der Waals surface area contributed by atoms with Gasteiger partial charge in [-0.25, -0.2) is 0 Å². The Bertz CT molecular complexity index is 1050. The predicted octanol–water partition coefficient (Wildman–Crippen LogP) is 5.12. The highest BCUT2D eigenvalue weighted by molar-refractivity contribution is 6.05. The van der Waals surface area contributed by atoms with E-state index in [0.717, 1.165) is 12.0 Å². The van der Waals surface area contributed by atoms with Crippen molar-refractivity contribution < 1.29 is 23.0 Å². The van der Waals surface area contributed by atoms with Gasteiger partial charge in [-0.1, -0.05) is 30.3 Å². The van der Waals surface area contributed by atoms with Crippen LogP contribution in [0.5, 0.6) is 11.5 Å². The van der Waals surface area contributed by atoms with Gasteiger partial charge in [-0.15, -0.1) is 0 Å². The van der Waals surface area contributed by atoms with E-state index in [-0.39, 0.29) is 23.0 Å². The van der Waals surface area contributed by atoms with Crippen LogP contribution in [0.3, 0.4) is 0 Å². The monoisotopic (exact) mass is 381 g/mol. The summed E-state index contributed by atoms with van der Waals surface area (Å²) in [5, 5.41) is 2.85. The Labute approximate surface area is 160 Å². The molecule has 3 aromatic carbocycles. The Morgan fingerprint density at radius 3 is 2.54 bits per heavy atom. The van der Waals surface area contributed by atoms with E-state index in [9.17, 15) is 13.6 Å². The van der Waals surface area contributed by atoms with Gasteiger partial charge in [0.2, 0.25) is 0 Å². The smallest absolute Gasteiger partial charge is 0.387 e. The number of anilines is 1. The zero-order valence-corrected chi connectivity index (χ0v) is 15.0. The lowest BCUT2D eigenvalue weighted by atomic mass is 10.1. The van der Waals surface area contributed by atoms with Crippen molar-refractivity contribution in [3.8, 4) is 22.6 Å². The molecule has 0 unspecified atom stereocenters. The van der Waals surface area contributed by atoms with Crippen molar-refractivity contribution in [1.29, 1.82) is 0 Å². The molecular formula is C22H17F2NO3. The molecule has 1 N–H and O–H groups in total. The van der Waals surface area contributed by atoms with Crippen molar-refractivity contribution in [3.63, 3.8) is 0 Å². The molecule has 0 aromatic heterocycles. The molecule has 1 aliphatic rings. The number of ether oxygens (including phenoxy) is 2. The molecule has 0 radical (unpaired) electrons. The highest BCUT2D eigenvalue weighted by Gasteiger charge is 2.19. The minimum absolute atomic E-state index is 0.0656. The van der Waals surface area contributed by atoms with Gasteiger partial charge in [0, 0.05) is 11.3 Å². The number of rotatable bonds is 5. The maximum atomic E-state index is 12.6. The number of nitrogens with one attached hydrogen (secondary N) is 1. The van der Waals surface area contributed by atoms with E-state index in [2.05, 4.69) is 22.2 Å². The minimum Gasteiger partial charge on any atom is -0.493 e. The summed E-state index contributed by atoms with van der Waals surface area (Å²) in [6, 6.07) is 18.1. The predicted molar refractivity (Wildman–Crippen MR) is 102 cm³/mol. The van der Waals surface area contributed by atoms with Crippen LogP contribution in [0.1, 0.15) is 21.5 Å². The zero-order chi connectivity index (χ0) is 19.7. The van der Waals surface area contributed by atoms with Crippen LogP contribution < -0.4 is 14.8 Å². The molecule has 142 valence electrons. The Morgan fingerprint density at radius 2 is 1.75 bits per heavy atom. The number of fused-ring (bicyclic) bond motifs is 3. The number of halogens is 2. The van der Waals surface area contributed by atoms with E-state index in [4.69, 9.17) is 4.74 Å². The van der Waals surface area contributed by atoms with Crippen molar-refractivity contribution in [3.05, 3.63) is 77.4 Å². The molecule has 0 heterocycles. The molecule has 4 rings (SSSR count). The first-order valence-corrected chi connectivity index (χ1v) is 8.70. The molecule has 0 saturated heterocycles. The third-order valence-corrected chi connectivity index (χ3v) is 4.70. The molecule has 0 atom stereocenters. The van der Waals surface area contributed by atoms with Gasteiger partial charge in [-0.3, -0.25) is 4.79 Å². The largest absolute Gasteiger partial charge is 0.493 e. The van der Waals surface area contributed by atoms with Crippen LogP contribution in [0, 0.1) is 0 Å². The van der Waals surface area contributed by atoms with E-state index in [1.165, 1.54) is 42.0 Å². The van der Waals surface area contributed by atoms with Gasteiger partial charge in [0.25, 0.3) is 5.91 Å². The van der Waals surface area contributed by atoms with Gasteiger partial charge < -0.3 is 14.8 Å². The number of hydrogen-bond acceptors (Lipinski definition) is 3. The quantitative estimate of drug-likeness (QED) is 0.522. The molecule has 0 fully saturated rings. The molecule has 0 saturated carbocycles. The van der Waals surface area contributed by atoms with E-state index in [0.29, 0.717) is 5.69 Å². The Hall–Kier alpha value is -3.41. The zero-order valence-electron chi connectivity index (χ0n) is 15.0. The molecular weight excluding hydrogens is 364 g/mol. The third kappa shape index (κ3) is 3.41. The molecule has 0 bridgehead atoms. The lowest BCUT2D eigenvalue weighted by molar-refractivity contribution is -0.0512. The normalized spacial score (nSPS) is 11.7. The second-order valence-electron chi connectivity index (χ2n) is 6.40. The topological polar surface area (TPSA) is 47.6 Å². The summed E-state index contributed by atoms with van der Waals surface area (Å²) >= 11 is 0. The Kier molecular flexibility index (Phi) is 4.69. The second kappa shape index (κ2) is 7.31. The van der Waals surface area contributed by atoms with Crippen LogP contribution in [0.15, 0.2) is 60.7 Å². The molecule has 3 aromatic rings. The van der Waals surface area contributed by atoms with Gasteiger partial charge in [-0.05, 0) is 59.0 Å². The van der Waals surface area contributed by atoms with Crippen LogP contribution >= 0.6 is 0 Å². The number of hydrogen-bond donors (Lipinski definition) is 1. The lowest BCUT2D eigenvalue weighted by Gasteiger charge is -2.12. The molecule has 1 aliphatic carbocycles. The van der Waals surface area contributed by atoms with E-state index >= 15 is 0 Å². The number of benzene rings is 3. The average Bonchev–Trinajstić information content (AvgIpc) is 3.06. The van der Waals surface area contributed by atoms with Gasteiger partial charge in [0.1, 0.15) is 0 Å². The highest BCUT2D eigenvalue weighted by atomic mass is 19.3. The number of carbonyl (C=O) groups excluding carboxylic acids is 1. The first-order valence-electron chi connectivity index (χ1n) is 8.70. The number of carbonyl (C=O) groups is 1. The van der Waals surface area contributed by atoms with Gasteiger partial charge in [0.05, 0.1) is 7.11 Å².